The first-order chi connectivity index (χ1) is 8.36. The van der Waals surface area contributed by atoms with Gasteiger partial charge < -0.3 is 14.6 Å². The monoisotopic (exact) mass is 257 g/mol. The number of carbonyl (C=O) groups is 3. The Morgan fingerprint density at radius 2 is 1.56 bits per heavy atom. The van der Waals surface area contributed by atoms with Crippen LogP contribution in [0.5, 0.6) is 0 Å². The SMILES string of the molecule is CCOC(=O)/C(=C(\C)[O-])C(C(C)=O)C(=O)OCC. The van der Waals surface area contributed by atoms with Gasteiger partial charge in [0.05, 0.1) is 13.2 Å². The number of ketones is 1. The van der Waals surface area contributed by atoms with Gasteiger partial charge in [0.2, 0.25) is 0 Å². The molecule has 0 aromatic heterocycles. The Morgan fingerprint density at radius 1 is 1.06 bits per heavy atom. The fourth-order valence-corrected chi connectivity index (χ4v) is 1.39. The van der Waals surface area contributed by atoms with E-state index in [0.717, 1.165) is 13.8 Å². The molecule has 0 aromatic rings. The number of ether oxygens (including phenoxy) is 2. The fourth-order valence-electron chi connectivity index (χ4n) is 1.39. The quantitative estimate of drug-likeness (QED) is 0.287. The number of rotatable bonds is 6. The van der Waals surface area contributed by atoms with Gasteiger partial charge in [-0.15, -0.1) is 5.76 Å². The Hall–Kier alpha value is -1.85. The normalized spacial score (nSPS) is 13.3. The Balaban J connectivity index is 5.41. The summed E-state index contributed by atoms with van der Waals surface area (Å²) in [6, 6.07) is 0. The minimum atomic E-state index is -1.51. The largest absolute Gasteiger partial charge is 0.875 e. The first kappa shape index (κ1) is 16.1. The highest BCUT2D eigenvalue weighted by atomic mass is 16.5. The zero-order chi connectivity index (χ0) is 14.3. The van der Waals surface area contributed by atoms with E-state index in [1.165, 1.54) is 0 Å². The van der Waals surface area contributed by atoms with Crippen LogP contribution in [-0.2, 0) is 23.9 Å². The molecule has 0 radical (unpaired) electrons. The minimum absolute atomic E-state index is 0.0447. The van der Waals surface area contributed by atoms with Gasteiger partial charge in [0.1, 0.15) is 11.7 Å². The van der Waals surface area contributed by atoms with Crippen molar-refractivity contribution in [1.82, 2.24) is 0 Å². The summed E-state index contributed by atoms with van der Waals surface area (Å²) in [4.78, 5) is 34.6. The fraction of sp³-hybridized carbons (Fsp3) is 0.583. The van der Waals surface area contributed by atoms with Crippen molar-refractivity contribution in [3.63, 3.8) is 0 Å². The third-order valence-corrected chi connectivity index (χ3v) is 2.09. The summed E-state index contributed by atoms with van der Waals surface area (Å²) in [5, 5.41) is 11.4. The summed E-state index contributed by atoms with van der Waals surface area (Å²) >= 11 is 0. The van der Waals surface area contributed by atoms with Crippen molar-refractivity contribution in [1.29, 1.82) is 0 Å². The molecule has 0 heterocycles. The topological polar surface area (TPSA) is 92.7 Å². The summed E-state index contributed by atoms with van der Waals surface area (Å²) in [6.45, 7) is 5.43. The number of hydrogen-bond acceptors (Lipinski definition) is 6. The highest BCUT2D eigenvalue weighted by Crippen LogP contribution is 2.18. The number of carbonyl (C=O) groups excluding carboxylic acids is 3. The van der Waals surface area contributed by atoms with Crippen molar-refractivity contribution in [2.75, 3.05) is 13.2 Å². The van der Waals surface area contributed by atoms with E-state index in [9.17, 15) is 19.5 Å². The zero-order valence-electron chi connectivity index (χ0n) is 10.9. The van der Waals surface area contributed by atoms with Gasteiger partial charge in [0.15, 0.2) is 0 Å². The molecular weight excluding hydrogens is 240 g/mol. The van der Waals surface area contributed by atoms with Crippen molar-refractivity contribution in [2.45, 2.75) is 27.7 Å². The minimum Gasteiger partial charge on any atom is -0.875 e. The zero-order valence-corrected chi connectivity index (χ0v) is 10.9. The Labute approximate surface area is 106 Å². The maximum atomic E-state index is 11.6. The lowest BCUT2D eigenvalue weighted by Gasteiger charge is -2.20. The van der Waals surface area contributed by atoms with Crippen LogP contribution in [-0.4, -0.2) is 30.9 Å². The smallest absolute Gasteiger partial charge is 0.334 e. The molecule has 0 spiro atoms. The molecule has 0 aliphatic rings. The van der Waals surface area contributed by atoms with Crippen molar-refractivity contribution in [3.8, 4) is 0 Å². The van der Waals surface area contributed by atoms with E-state index in [-0.39, 0.29) is 13.2 Å². The first-order valence-electron chi connectivity index (χ1n) is 5.58. The van der Waals surface area contributed by atoms with Crippen LogP contribution in [0.2, 0.25) is 0 Å². The van der Waals surface area contributed by atoms with Crippen LogP contribution in [0.1, 0.15) is 27.7 Å². The Kier molecular flexibility index (Phi) is 6.70. The molecule has 102 valence electrons. The van der Waals surface area contributed by atoms with Crippen molar-refractivity contribution in [2.24, 2.45) is 5.92 Å². The average molecular weight is 257 g/mol. The third-order valence-electron chi connectivity index (χ3n) is 2.09. The van der Waals surface area contributed by atoms with Gasteiger partial charge >= 0.3 is 11.9 Å². The van der Waals surface area contributed by atoms with Crippen LogP contribution in [0.3, 0.4) is 0 Å². The van der Waals surface area contributed by atoms with Gasteiger partial charge in [0.25, 0.3) is 0 Å². The number of allylic oxidation sites excluding steroid dienone is 1. The molecule has 0 rings (SSSR count). The van der Waals surface area contributed by atoms with E-state index < -0.39 is 35.0 Å². The lowest BCUT2D eigenvalue weighted by atomic mass is 9.94. The predicted octanol–water partition coefficient (Wildman–Crippen LogP) is -0.0479. The van der Waals surface area contributed by atoms with Crippen LogP contribution in [0, 0.1) is 5.92 Å². The van der Waals surface area contributed by atoms with Gasteiger partial charge in [0, 0.05) is 5.57 Å². The Morgan fingerprint density at radius 3 is 1.89 bits per heavy atom. The molecule has 0 amide bonds. The number of hydrogen-bond donors (Lipinski definition) is 0. The highest BCUT2D eigenvalue weighted by Gasteiger charge is 2.33. The molecule has 1 unspecified atom stereocenters. The van der Waals surface area contributed by atoms with Crippen LogP contribution in [0.15, 0.2) is 11.3 Å². The second-order valence-electron chi connectivity index (χ2n) is 3.49. The molecule has 0 N–H and O–H groups in total. The van der Waals surface area contributed by atoms with Gasteiger partial charge in [-0.05, 0) is 20.8 Å². The first-order valence-corrected chi connectivity index (χ1v) is 5.58. The van der Waals surface area contributed by atoms with E-state index in [0.29, 0.717) is 0 Å². The number of Topliss-reactive ketones (excluding diaryl/α,β-unsaturated/α-hetero) is 1. The summed E-state index contributed by atoms with van der Waals surface area (Å²) in [7, 11) is 0. The highest BCUT2D eigenvalue weighted by molar-refractivity contribution is 6.09. The molecule has 0 saturated carbocycles. The Bertz CT molecular complexity index is 365. The van der Waals surface area contributed by atoms with Gasteiger partial charge in [-0.1, -0.05) is 6.92 Å². The molecule has 0 aliphatic carbocycles. The molecule has 0 saturated heterocycles. The molecule has 6 heteroatoms. The lowest BCUT2D eigenvalue weighted by molar-refractivity contribution is -0.304. The molecule has 1 atom stereocenters. The van der Waals surface area contributed by atoms with E-state index in [2.05, 4.69) is 9.47 Å². The third kappa shape index (κ3) is 4.20. The molecule has 0 bridgehead atoms. The van der Waals surface area contributed by atoms with Gasteiger partial charge in [-0.2, -0.15) is 0 Å². The molecule has 18 heavy (non-hydrogen) atoms. The molecule has 0 aromatic carbocycles. The van der Waals surface area contributed by atoms with Crippen LogP contribution in [0.25, 0.3) is 0 Å². The summed E-state index contributed by atoms with van der Waals surface area (Å²) < 4.78 is 9.35. The van der Waals surface area contributed by atoms with Crippen molar-refractivity contribution >= 4 is 17.7 Å². The standard InChI is InChI=1S/C12H18O6/c1-5-17-11(15)9(7(3)13)10(8(4)14)12(16)18-6-2/h9,14H,5-6H2,1-4H3/p-1/b10-8+. The number of esters is 2. The van der Waals surface area contributed by atoms with Crippen molar-refractivity contribution < 1.29 is 29.0 Å². The maximum absolute atomic E-state index is 11.6. The molecule has 0 aliphatic heterocycles. The van der Waals surface area contributed by atoms with Crippen LogP contribution >= 0.6 is 0 Å². The second kappa shape index (κ2) is 7.47. The molecular formula is C12H17O6-. The van der Waals surface area contributed by atoms with Crippen LogP contribution in [0.4, 0.5) is 0 Å². The summed E-state index contributed by atoms with van der Waals surface area (Å²) in [5.74, 6) is -4.70. The average Bonchev–Trinajstić information content (AvgIpc) is 2.24. The molecule has 6 nitrogen and oxygen atoms in total. The summed E-state index contributed by atoms with van der Waals surface area (Å²) in [5.41, 5.74) is -0.484. The maximum Gasteiger partial charge on any atom is 0.334 e. The lowest BCUT2D eigenvalue weighted by Crippen LogP contribution is -2.33. The van der Waals surface area contributed by atoms with E-state index in [1.54, 1.807) is 13.8 Å². The van der Waals surface area contributed by atoms with E-state index >= 15 is 0 Å². The van der Waals surface area contributed by atoms with Gasteiger partial charge in [-0.3, -0.25) is 9.59 Å². The summed E-state index contributed by atoms with van der Waals surface area (Å²) in [6.07, 6.45) is 0. The van der Waals surface area contributed by atoms with E-state index in [1.807, 2.05) is 0 Å². The second-order valence-corrected chi connectivity index (χ2v) is 3.49. The molecule has 0 fully saturated rings. The van der Waals surface area contributed by atoms with Crippen molar-refractivity contribution in [3.05, 3.63) is 11.3 Å². The van der Waals surface area contributed by atoms with E-state index in [4.69, 9.17) is 0 Å². The van der Waals surface area contributed by atoms with Gasteiger partial charge in [-0.25, -0.2) is 4.79 Å². The van der Waals surface area contributed by atoms with Crippen LogP contribution < -0.4 is 5.11 Å². The predicted molar refractivity (Wildman–Crippen MR) is 60.1 cm³/mol.